The van der Waals surface area contributed by atoms with E-state index in [0.717, 1.165) is 16.0 Å². The monoisotopic (exact) mass is 305 g/mol. The quantitative estimate of drug-likeness (QED) is 0.645. The highest BCUT2D eigenvalue weighted by atomic mass is 32.1. The Kier molecular flexibility index (Phi) is 2.94. The number of carboxylic acids is 1. The van der Waals surface area contributed by atoms with E-state index in [1.807, 2.05) is 6.92 Å². The summed E-state index contributed by atoms with van der Waals surface area (Å²) in [5.41, 5.74) is 6.60. The maximum absolute atomic E-state index is 12.0. The van der Waals surface area contributed by atoms with Crippen molar-refractivity contribution in [3.63, 3.8) is 0 Å². The molecule has 0 spiro atoms. The molecule has 21 heavy (non-hydrogen) atoms. The predicted molar refractivity (Wildman–Crippen MR) is 77.0 cm³/mol. The number of fused-ring (bicyclic) bond motifs is 3. The van der Waals surface area contributed by atoms with Crippen LogP contribution < -0.4 is 10.5 Å². The van der Waals surface area contributed by atoms with Crippen LogP contribution in [-0.4, -0.2) is 28.7 Å². The standard InChI is InChI=1S/C14H11NO5S/c1-2-6-9(15)8-7(21-6)4-3-5-10(16)11(17)13(14(18)19)20-12(5)8/h3-4,13H,2,15H2,1H3,(H,18,19). The zero-order valence-electron chi connectivity index (χ0n) is 11.0. The lowest BCUT2D eigenvalue weighted by molar-refractivity contribution is -0.149. The van der Waals surface area contributed by atoms with Crippen LogP contribution in [0.4, 0.5) is 5.69 Å². The van der Waals surface area contributed by atoms with Crippen molar-refractivity contribution in [3.05, 3.63) is 22.6 Å². The van der Waals surface area contributed by atoms with Crippen molar-refractivity contribution in [1.29, 1.82) is 0 Å². The van der Waals surface area contributed by atoms with E-state index in [9.17, 15) is 14.4 Å². The van der Waals surface area contributed by atoms with Crippen LogP contribution in [0.1, 0.15) is 22.2 Å². The zero-order chi connectivity index (χ0) is 15.3. The van der Waals surface area contributed by atoms with Crippen molar-refractivity contribution < 1.29 is 24.2 Å². The molecular weight excluding hydrogens is 294 g/mol. The Morgan fingerprint density at radius 2 is 2.14 bits per heavy atom. The van der Waals surface area contributed by atoms with Gasteiger partial charge in [0.1, 0.15) is 5.75 Å². The molecule has 0 fully saturated rings. The van der Waals surface area contributed by atoms with Crippen LogP contribution in [0.2, 0.25) is 0 Å². The first-order valence-electron chi connectivity index (χ1n) is 6.27. The second-order valence-electron chi connectivity index (χ2n) is 4.64. The molecule has 0 aliphatic carbocycles. The topological polar surface area (TPSA) is 107 Å². The second-order valence-corrected chi connectivity index (χ2v) is 5.77. The Labute approximate surface area is 123 Å². The first-order valence-corrected chi connectivity index (χ1v) is 7.09. The fourth-order valence-corrected chi connectivity index (χ4v) is 3.44. The van der Waals surface area contributed by atoms with Crippen LogP contribution in [0.15, 0.2) is 12.1 Å². The van der Waals surface area contributed by atoms with Gasteiger partial charge in [0, 0.05) is 9.58 Å². The van der Waals surface area contributed by atoms with E-state index in [4.69, 9.17) is 15.6 Å². The van der Waals surface area contributed by atoms with Crippen molar-refractivity contribution in [2.24, 2.45) is 0 Å². The third-order valence-corrected chi connectivity index (χ3v) is 4.73. The summed E-state index contributed by atoms with van der Waals surface area (Å²) in [5, 5.41) is 9.53. The molecule has 0 amide bonds. The zero-order valence-corrected chi connectivity index (χ0v) is 11.8. The average Bonchev–Trinajstić information content (AvgIpc) is 2.79. The number of hydrogen-bond donors (Lipinski definition) is 2. The lowest BCUT2D eigenvalue weighted by Crippen LogP contribution is -2.43. The SMILES string of the molecule is CCc1sc2ccc3c(c2c1N)OC(C(=O)O)C(=O)C3=O. The number of anilines is 1. The van der Waals surface area contributed by atoms with Gasteiger partial charge in [0.15, 0.2) is 0 Å². The number of benzene rings is 1. The van der Waals surface area contributed by atoms with Gasteiger partial charge in [-0.15, -0.1) is 11.3 Å². The Balaban J connectivity index is 2.31. The highest BCUT2D eigenvalue weighted by molar-refractivity contribution is 7.19. The molecule has 1 aromatic heterocycles. The number of rotatable bonds is 2. The van der Waals surface area contributed by atoms with Gasteiger partial charge in [0.25, 0.3) is 11.9 Å². The highest BCUT2D eigenvalue weighted by Gasteiger charge is 2.41. The highest BCUT2D eigenvalue weighted by Crippen LogP contribution is 2.43. The molecule has 1 aliphatic rings. The first-order chi connectivity index (χ1) is 9.95. The summed E-state index contributed by atoms with van der Waals surface area (Å²) in [6.07, 6.45) is -1.09. The van der Waals surface area contributed by atoms with Crippen LogP contribution in [0, 0.1) is 0 Å². The van der Waals surface area contributed by atoms with E-state index >= 15 is 0 Å². The number of Topliss-reactive ketones (excluding diaryl/α,β-unsaturated/α-hetero) is 2. The molecule has 1 aliphatic heterocycles. The third kappa shape index (κ3) is 1.81. The second kappa shape index (κ2) is 4.56. The molecule has 6 nitrogen and oxygen atoms in total. The summed E-state index contributed by atoms with van der Waals surface area (Å²) in [6.45, 7) is 1.95. The Morgan fingerprint density at radius 3 is 2.76 bits per heavy atom. The van der Waals surface area contributed by atoms with Crippen molar-refractivity contribution in [2.45, 2.75) is 19.4 Å². The van der Waals surface area contributed by atoms with Crippen molar-refractivity contribution >= 4 is 44.6 Å². The molecule has 2 aromatic rings. The number of nitrogens with two attached hydrogens (primary N) is 1. The average molecular weight is 305 g/mol. The largest absolute Gasteiger partial charge is 0.478 e. The predicted octanol–water partition coefficient (Wildman–Crippen LogP) is 1.64. The molecule has 1 atom stereocenters. The molecule has 3 N–H and O–H groups in total. The molecule has 2 heterocycles. The normalized spacial score (nSPS) is 17.7. The molecule has 108 valence electrons. The van der Waals surface area contributed by atoms with Crippen LogP contribution >= 0.6 is 11.3 Å². The number of ether oxygens (including phenoxy) is 1. The molecule has 3 rings (SSSR count). The van der Waals surface area contributed by atoms with E-state index in [1.54, 1.807) is 6.07 Å². The van der Waals surface area contributed by atoms with Gasteiger partial charge in [0.05, 0.1) is 16.6 Å². The summed E-state index contributed by atoms with van der Waals surface area (Å²) >= 11 is 1.46. The van der Waals surface area contributed by atoms with Crippen LogP contribution in [0.3, 0.4) is 0 Å². The van der Waals surface area contributed by atoms with Gasteiger partial charge in [-0.2, -0.15) is 0 Å². The van der Waals surface area contributed by atoms with Crippen LogP contribution in [0.5, 0.6) is 5.75 Å². The van der Waals surface area contributed by atoms with Crippen molar-refractivity contribution in [2.75, 3.05) is 5.73 Å². The molecule has 0 saturated heterocycles. The summed E-state index contributed by atoms with van der Waals surface area (Å²) in [6, 6.07) is 3.18. The molecule has 1 aromatic carbocycles. The van der Waals surface area contributed by atoms with Gasteiger partial charge in [-0.1, -0.05) is 6.92 Å². The van der Waals surface area contributed by atoms with Gasteiger partial charge >= 0.3 is 5.97 Å². The molecular formula is C14H11NO5S. The fourth-order valence-electron chi connectivity index (χ4n) is 2.38. The lowest BCUT2D eigenvalue weighted by atomic mass is 9.97. The van der Waals surface area contributed by atoms with E-state index in [1.165, 1.54) is 17.4 Å². The summed E-state index contributed by atoms with van der Waals surface area (Å²) < 4.78 is 6.09. The van der Waals surface area contributed by atoms with Gasteiger partial charge in [-0.25, -0.2) is 4.79 Å². The van der Waals surface area contributed by atoms with Gasteiger partial charge in [-0.05, 0) is 18.6 Å². The Bertz CT molecular complexity index is 807. The lowest BCUT2D eigenvalue weighted by Gasteiger charge is -2.21. The van der Waals surface area contributed by atoms with E-state index in [2.05, 4.69) is 0 Å². The van der Waals surface area contributed by atoms with Crippen molar-refractivity contribution in [1.82, 2.24) is 0 Å². The first kappa shape index (κ1) is 13.6. The fraction of sp³-hybridized carbons (Fsp3) is 0.214. The van der Waals surface area contributed by atoms with Crippen molar-refractivity contribution in [3.8, 4) is 5.75 Å². The number of thiophene rings is 1. The number of ketones is 2. The number of carbonyl (C=O) groups excluding carboxylic acids is 2. The molecule has 0 radical (unpaired) electrons. The molecule has 0 saturated carbocycles. The molecule has 1 unspecified atom stereocenters. The summed E-state index contributed by atoms with van der Waals surface area (Å²) in [7, 11) is 0. The Morgan fingerprint density at radius 1 is 1.43 bits per heavy atom. The van der Waals surface area contributed by atoms with Crippen LogP contribution in [-0.2, 0) is 16.0 Å². The number of carbonyl (C=O) groups is 3. The molecule has 0 bridgehead atoms. The minimum absolute atomic E-state index is 0.0668. The third-order valence-electron chi connectivity index (χ3n) is 3.41. The summed E-state index contributed by atoms with van der Waals surface area (Å²) in [4.78, 5) is 35.8. The maximum Gasteiger partial charge on any atom is 0.353 e. The van der Waals surface area contributed by atoms with E-state index in [-0.39, 0.29) is 11.3 Å². The van der Waals surface area contributed by atoms with E-state index < -0.39 is 23.6 Å². The van der Waals surface area contributed by atoms with Gasteiger partial charge < -0.3 is 15.6 Å². The smallest absolute Gasteiger partial charge is 0.353 e. The van der Waals surface area contributed by atoms with Gasteiger partial charge in [0.2, 0.25) is 5.78 Å². The number of hydrogen-bond acceptors (Lipinski definition) is 6. The van der Waals surface area contributed by atoms with Gasteiger partial charge in [-0.3, -0.25) is 9.59 Å². The number of aryl methyl sites for hydroxylation is 1. The molecule has 7 heteroatoms. The van der Waals surface area contributed by atoms with Crippen LogP contribution in [0.25, 0.3) is 10.1 Å². The number of aliphatic carboxylic acids is 1. The summed E-state index contributed by atoms with van der Waals surface area (Å²) in [5.74, 6) is -3.31. The minimum atomic E-state index is -1.81. The number of carboxylic acid groups (broad SMARTS) is 1. The Hall–Kier alpha value is -2.41. The van der Waals surface area contributed by atoms with E-state index in [0.29, 0.717) is 11.1 Å². The number of nitrogen functional groups attached to an aromatic ring is 1. The minimum Gasteiger partial charge on any atom is -0.478 e. The maximum atomic E-state index is 12.0.